The van der Waals surface area contributed by atoms with E-state index in [1.165, 1.54) is 64.2 Å². The van der Waals surface area contributed by atoms with Gasteiger partial charge in [-0.1, -0.05) is 71.1 Å². The van der Waals surface area contributed by atoms with Gasteiger partial charge < -0.3 is 17.8 Å². The Balaban J connectivity index is -0.000000366. The van der Waals surface area contributed by atoms with E-state index in [9.17, 15) is 4.79 Å². The molecule has 3 nitrogen and oxygen atoms in total. The van der Waals surface area contributed by atoms with Crippen LogP contribution in [0.1, 0.15) is 77.6 Å². The van der Waals surface area contributed by atoms with Crippen LogP contribution in [0, 0.1) is 6.92 Å². The molecule has 0 unspecified atom stereocenters. The number of hydrogen-bond acceptors (Lipinski definition) is 2. The fourth-order valence-electron chi connectivity index (χ4n) is 1.66. The monoisotopic (exact) mass is 281 g/mol. The van der Waals surface area contributed by atoms with Crippen molar-refractivity contribution in [3.63, 3.8) is 0 Å². The maximum absolute atomic E-state index is 9.24. The van der Waals surface area contributed by atoms with Crippen LogP contribution >= 0.6 is 0 Å². The van der Waals surface area contributed by atoms with Gasteiger partial charge in [-0.15, -0.1) is 0 Å². The van der Waals surface area contributed by atoms with Gasteiger partial charge in [-0.05, 0) is 0 Å². The van der Waals surface area contributed by atoms with Crippen molar-refractivity contribution in [3.05, 3.63) is 6.92 Å². The van der Waals surface area contributed by atoms with E-state index in [4.69, 9.17) is 5.11 Å². The number of unbranched alkanes of at least 4 members (excludes halogenated alkanes) is 10. The minimum atomic E-state index is -0.968. The molecule has 0 saturated heterocycles. The third-order valence-corrected chi connectivity index (χ3v) is 2.78. The van der Waals surface area contributed by atoms with Gasteiger partial charge in [-0.3, -0.25) is 4.79 Å². The van der Waals surface area contributed by atoms with Crippen LogP contribution < -0.4 is 35.3 Å². The number of aliphatic carboxylic acids is 1. The number of carboxylic acids is 1. The topological polar surface area (TPSA) is 63.3 Å². The molecule has 0 rings (SSSR count). The molecule has 0 aliphatic carbocycles. The van der Waals surface area contributed by atoms with Gasteiger partial charge in [-0.25, -0.2) is 0 Å². The van der Waals surface area contributed by atoms with E-state index < -0.39 is 5.97 Å². The van der Waals surface area contributed by atoms with Crippen molar-refractivity contribution in [3.8, 4) is 0 Å². The molecule has 0 atom stereocenters. The van der Waals surface area contributed by atoms with E-state index in [2.05, 4.69) is 19.6 Å². The molecule has 0 aliphatic rings. The van der Waals surface area contributed by atoms with Crippen molar-refractivity contribution in [1.82, 2.24) is 0 Å². The van der Waals surface area contributed by atoms with E-state index in [1.54, 1.807) is 0 Å². The van der Waals surface area contributed by atoms with Gasteiger partial charge in [0.25, 0.3) is 0 Å². The van der Waals surface area contributed by atoms with Crippen LogP contribution in [0.2, 0.25) is 0 Å². The summed E-state index contributed by atoms with van der Waals surface area (Å²) in [5.41, 5.74) is 4.57. The normalized spacial score (nSPS) is 9.21. The zero-order valence-corrected chi connectivity index (χ0v) is 15.1. The molecular formula is C15H32NNaO2. The first kappa shape index (κ1) is 24.4. The number of carboxylic acid groups (broad SMARTS) is 1. The van der Waals surface area contributed by atoms with Gasteiger partial charge in [0.1, 0.15) is 0 Å². The van der Waals surface area contributed by atoms with Crippen LogP contribution in [0.4, 0.5) is 0 Å². The van der Waals surface area contributed by atoms with Crippen LogP contribution in [0.5, 0.6) is 0 Å². The second-order valence-corrected chi connectivity index (χ2v) is 4.63. The molecule has 0 aromatic rings. The second kappa shape index (κ2) is 23.5. The summed E-state index contributed by atoms with van der Waals surface area (Å²) in [6, 6.07) is 0. The average Bonchev–Trinajstić information content (AvgIpc) is 2.37. The molecule has 0 aromatic carbocycles. The zero-order chi connectivity index (χ0) is 14.1. The van der Waals surface area contributed by atoms with Gasteiger partial charge in [-0.2, -0.15) is 6.42 Å². The van der Waals surface area contributed by atoms with Gasteiger partial charge in [0.2, 0.25) is 0 Å². The van der Waals surface area contributed by atoms with Crippen LogP contribution in [-0.4, -0.2) is 17.6 Å². The molecule has 0 saturated carbocycles. The van der Waals surface area contributed by atoms with Crippen molar-refractivity contribution in [1.29, 1.82) is 0 Å². The van der Waals surface area contributed by atoms with Gasteiger partial charge in [0.15, 0.2) is 0 Å². The summed E-state index contributed by atoms with van der Waals surface area (Å²) in [5, 5.41) is 7.60. The fraction of sp³-hybridized carbons (Fsp3) is 0.867. The van der Waals surface area contributed by atoms with Crippen LogP contribution in [0.15, 0.2) is 0 Å². The molecule has 4 heteroatoms. The Morgan fingerprint density at radius 1 is 0.947 bits per heavy atom. The molecule has 110 valence electrons. The first-order valence-electron chi connectivity index (χ1n) is 7.40. The number of carbonyl (C=O) groups is 1. The molecular weight excluding hydrogens is 249 g/mol. The van der Waals surface area contributed by atoms with Crippen molar-refractivity contribution in [2.24, 2.45) is 5.73 Å². The summed E-state index contributed by atoms with van der Waals surface area (Å²) in [7, 11) is 0. The maximum Gasteiger partial charge on any atom is 1.00 e. The van der Waals surface area contributed by atoms with Crippen LogP contribution in [0.25, 0.3) is 0 Å². The quantitative estimate of drug-likeness (QED) is 0.339. The van der Waals surface area contributed by atoms with Crippen LogP contribution in [0.3, 0.4) is 0 Å². The smallest absolute Gasteiger partial charge is 0.480 e. The van der Waals surface area contributed by atoms with Gasteiger partial charge in [0.05, 0.1) is 6.54 Å². The Morgan fingerprint density at radius 3 is 1.53 bits per heavy atom. The number of hydrogen-bond donors (Lipinski definition) is 2. The third-order valence-electron chi connectivity index (χ3n) is 2.78. The van der Waals surface area contributed by atoms with E-state index in [0.717, 1.165) is 6.42 Å². The Morgan fingerprint density at radius 2 is 1.26 bits per heavy atom. The summed E-state index contributed by atoms with van der Waals surface area (Å²) in [6.07, 6.45) is 15.4. The first-order chi connectivity index (χ1) is 8.68. The predicted octanol–water partition coefficient (Wildman–Crippen LogP) is 1.17. The van der Waals surface area contributed by atoms with Crippen molar-refractivity contribution < 1.29 is 39.5 Å². The minimum Gasteiger partial charge on any atom is -0.480 e. The molecule has 0 fully saturated rings. The molecule has 0 amide bonds. The molecule has 19 heavy (non-hydrogen) atoms. The van der Waals surface area contributed by atoms with E-state index in [-0.39, 0.29) is 36.1 Å². The van der Waals surface area contributed by atoms with Crippen molar-refractivity contribution >= 4 is 5.97 Å². The molecule has 0 radical (unpaired) electrons. The Bertz CT molecular complexity index is 156. The average molecular weight is 281 g/mol. The zero-order valence-electron chi connectivity index (χ0n) is 13.1. The minimum absolute atomic E-state index is 0. The summed E-state index contributed by atoms with van der Waals surface area (Å²) >= 11 is 0. The molecule has 0 aliphatic heterocycles. The van der Waals surface area contributed by atoms with Crippen molar-refractivity contribution in [2.75, 3.05) is 6.54 Å². The van der Waals surface area contributed by atoms with E-state index >= 15 is 0 Å². The standard InChI is InChI=1S/C13H27.C2H5NO2.Na/c1-3-5-7-9-11-13-12-10-8-6-4-2;3-1-2(4)5;/h1,3-13H2,2H3;1,3H2,(H,4,5);/q-1;;+1. The molecule has 0 heterocycles. The maximum atomic E-state index is 9.24. The largest absolute Gasteiger partial charge is 1.00 e. The molecule has 0 aromatic heterocycles. The first-order valence-corrected chi connectivity index (χ1v) is 7.40. The summed E-state index contributed by atoms with van der Waals surface area (Å²) in [5.74, 6) is -0.968. The van der Waals surface area contributed by atoms with E-state index in [1.807, 2.05) is 0 Å². The predicted molar refractivity (Wildman–Crippen MR) is 78.5 cm³/mol. The Labute approximate surface area is 142 Å². The van der Waals surface area contributed by atoms with E-state index in [0.29, 0.717) is 0 Å². The number of rotatable bonds is 11. The summed E-state index contributed by atoms with van der Waals surface area (Å²) in [6.45, 7) is 5.85. The molecule has 3 N–H and O–H groups in total. The SMILES string of the molecule is NCC(=O)O.[CH2-]CCCCCCCCCCCC.[Na+]. The summed E-state index contributed by atoms with van der Waals surface area (Å²) < 4.78 is 0. The van der Waals surface area contributed by atoms with Crippen LogP contribution in [-0.2, 0) is 4.79 Å². The van der Waals surface area contributed by atoms with Gasteiger partial charge in [0, 0.05) is 0 Å². The number of nitrogens with two attached hydrogens (primary N) is 1. The summed E-state index contributed by atoms with van der Waals surface area (Å²) in [4.78, 5) is 9.24. The second-order valence-electron chi connectivity index (χ2n) is 4.63. The molecule has 0 bridgehead atoms. The van der Waals surface area contributed by atoms with Crippen molar-refractivity contribution in [2.45, 2.75) is 77.6 Å². The Kier molecular flexibility index (Phi) is 30.3. The third kappa shape index (κ3) is 32.2. The Hall–Kier alpha value is 0.430. The fourth-order valence-corrected chi connectivity index (χ4v) is 1.66. The molecule has 0 spiro atoms. The van der Waals surface area contributed by atoms with Gasteiger partial charge >= 0.3 is 35.5 Å².